The van der Waals surface area contributed by atoms with E-state index >= 15 is 0 Å². The molecule has 0 aromatic rings. The lowest BCUT2D eigenvalue weighted by Gasteiger charge is -2.22. The van der Waals surface area contributed by atoms with Gasteiger partial charge < -0.3 is 0 Å². The number of ketones is 1. The summed E-state index contributed by atoms with van der Waals surface area (Å²) in [5.41, 5.74) is 0.599. The van der Waals surface area contributed by atoms with E-state index in [0.717, 1.165) is 6.42 Å². The number of allylic oxidation sites excluding steroid dienone is 4. The first-order valence-corrected chi connectivity index (χ1v) is 4.49. The van der Waals surface area contributed by atoms with E-state index in [4.69, 9.17) is 5.26 Å². The molecule has 1 aliphatic rings. The number of Topliss-reactive ketones (excluding diaryl/α,β-unsaturated/α-hetero) is 1. The van der Waals surface area contributed by atoms with Gasteiger partial charge in [-0.2, -0.15) is 5.26 Å². The van der Waals surface area contributed by atoms with Crippen LogP contribution in [0.5, 0.6) is 0 Å². The molecule has 0 saturated carbocycles. The summed E-state index contributed by atoms with van der Waals surface area (Å²) in [5.74, 6) is 0.0844. The number of nitriles is 1. The van der Waals surface area contributed by atoms with Gasteiger partial charge in [0.25, 0.3) is 0 Å². The first kappa shape index (κ1) is 9.73. The van der Waals surface area contributed by atoms with Crippen molar-refractivity contribution < 1.29 is 4.79 Å². The number of rotatable bonds is 2. The monoisotopic (exact) mass is 175 g/mol. The largest absolute Gasteiger partial charge is 0.299 e. The van der Waals surface area contributed by atoms with Gasteiger partial charge >= 0.3 is 0 Å². The molecular weight excluding hydrogens is 162 g/mol. The van der Waals surface area contributed by atoms with E-state index in [2.05, 4.69) is 6.07 Å². The first-order chi connectivity index (χ1) is 6.20. The SMILES string of the molecule is CCC1C=CC=C(C#N)C1C(C)=O. The van der Waals surface area contributed by atoms with Gasteiger partial charge in [0.1, 0.15) is 5.78 Å². The average molecular weight is 175 g/mol. The Morgan fingerprint density at radius 2 is 2.38 bits per heavy atom. The van der Waals surface area contributed by atoms with Crippen LogP contribution in [0.3, 0.4) is 0 Å². The molecule has 0 aliphatic heterocycles. The first-order valence-electron chi connectivity index (χ1n) is 4.49. The van der Waals surface area contributed by atoms with Gasteiger partial charge in [-0.1, -0.05) is 19.1 Å². The Labute approximate surface area is 78.6 Å². The summed E-state index contributed by atoms with van der Waals surface area (Å²) in [6, 6.07) is 2.09. The number of hydrogen-bond donors (Lipinski definition) is 0. The number of carbonyl (C=O) groups excluding carboxylic acids is 1. The van der Waals surface area contributed by atoms with Crippen LogP contribution in [-0.2, 0) is 4.79 Å². The lowest BCUT2D eigenvalue weighted by Crippen LogP contribution is -2.23. The molecule has 0 heterocycles. The molecule has 2 unspecified atom stereocenters. The molecule has 68 valence electrons. The third-order valence-electron chi connectivity index (χ3n) is 2.44. The van der Waals surface area contributed by atoms with Crippen molar-refractivity contribution >= 4 is 5.78 Å². The summed E-state index contributed by atoms with van der Waals surface area (Å²) >= 11 is 0. The topological polar surface area (TPSA) is 40.9 Å². The summed E-state index contributed by atoms with van der Waals surface area (Å²) in [6.45, 7) is 3.59. The Morgan fingerprint density at radius 1 is 1.69 bits per heavy atom. The van der Waals surface area contributed by atoms with Gasteiger partial charge in [0, 0.05) is 5.57 Å². The van der Waals surface area contributed by atoms with Crippen molar-refractivity contribution in [3.8, 4) is 6.07 Å². The molecule has 0 bridgehead atoms. The summed E-state index contributed by atoms with van der Waals surface area (Å²) in [5, 5.41) is 8.82. The smallest absolute Gasteiger partial charge is 0.138 e. The van der Waals surface area contributed by atoms with E-state index in [0.29, 0.717) is 5.57 Å². The van der Waals surface area contributed by atoms with E-state index in [-0.39, 0.29) is 17.6 Å². The van der Waals surface area contributed by atoms with E-state index < -0.39 is 0 Å². The Balaban J connectivity index is 2.98. The zero-order valence-corrected chi connectivity index (χ0v) is 7.95. The van der Waals surface area contributed by atoms with Gasteiger partial charge in [-0.15, -0.1) is 0 Å². The highest BCUT2D eigenvalue weighted by Gasteiger charge is 2.27. The summed E-state index contributed by atoms with van der Waals surface area (Å²) in [6.07, 6.45) is 6.51. The van der Waals surface area contributed by atoms with E-state index in [1.54, 1.807) is 13.0 Å². The summed E-state index contributed by atoms with van der Waals surface area (Å²) in [7, 11) is 0. The minimum absolute atomic E-state index is 0.0870. The molecule has 1 rings (SSSR count). The van der Waals surface area contributed by atoms with Crippen molar-refractivity contribution in [2.45, 2.75) is 20.3 Å². The van der Waals surface area contributed by atoms with E-state index in [1.807, 2.05) is 19.1 Å². The second-order valence-corrected chi connectivity index (χ2v) is 3.28. The van der Waals surface area contributed by atoms with Gasteiger partial charge in [-0.3, -0.25) is 4.79 Å². The van der Waals surface area contributed by atoms with Crippen LogP contribution in [0, 0.1) is 23.2 Å². The maximum atomic E-state index is 11.3. The lowest BCUT2D eigenvalue weighted by molar-refractivity contribution is -0.120. The quantitative estimate of drug-likeness (QED) is 0.645. The van der Waals surface area contributed by atoms with E-state index in [9.17, 15) is 4.79 Å². The minimum Gasteiger partial charge on any atom is -0.299 e. The highest BCUT2D eigenvalue weighted by Crippen LogP contribution is 2.28. The van der Waals surface area contributed by atoms with Crippen molar-refractivity contribution in [3.63, 3.8) is 0 Å². The van der Waals surface area contributed by atoms with Gasteiger partial charge in [-0.05, 0) is 25.3 Å². The van der Waals surface area contributed by atoms with Crippen molar-refractivity contribution in [1.29, 1.82) is 5.26 Å². The Morgan fingerprint density at radius 3 is 2.85 bits per heavy atom. The molecule has 2 heteroatoms. The summed E-state index contributed by atoms with van der Waals surface area (Å²) < 4.78 is 0. The molecule has 0 spiro atoms. The summed E-state index contributed by atoms with van der Waals surface area (Å²) in [4.78, 5) is 11.3. The standard InChI is InChI=1S/C11H13NO/c1-3-9-5-4-6-10(7-12)11(9)8(2)13/h4-6,9,11H,3H2,1-2H3. The van der Waals surface area contributed by atoms with Crippen LogP contribution >= 0.6 is 0 Å². The fraction of sp³-hybridized carbons (Fsp3) is 0.455. The second kappa shape index (κ2) is 4.04. The van der Waals surface area contributed by atoms with Crippen LogP contribution in [0.4, 0.5) is 0 Å². The molecule has 0 saturated heterocycles. The van der Waals surface area contributed by atoms with Crippen LogP contribution in [0.25, 0.3) is 0 Å². The molecule has 13 heavy (non-hydrogen) atoms. The zero-order chi connectivity index (χ0) is 9.84. The molecule has 0 aromatic heterocycles. The van der Waals surface area contributed by atoms with Crippen molar-refractivity contribution in [2.75, 3.05) is 0 Å². The van der Waals surface area contributed by atoms with Crippen LogP contribution in [0.1, 0.15) is 20.3 Å². The Bertz CT molecular complexity index is 307. The third-order valence-corrected chi connectivity index (χ3v) is 2.44. The molecule has 0 radical (unpaired) electrons. The maximum absolute atomic E-state index is 11.3. The van der Waals surface area contributed by atoms with Crippen molar-refractivity contribution in [3.05, 3.63) is 23.8 Å². The predicted octanol–water partition coefficient (Wildman–Crippen LogP) is 2.24. The Kier molecular flexibility index (Phi) is 3.02. The normalized spacial score (nSPS) is 26.4. The molecule has 0 N–H and O–H groups in total. The van der Waals surface area contributed by atoms with Crippen LogP contribution in [0.2, 0.25) is 0 Å². The Hall–Kier alpha value is -1.36. The fourth-order valence-electron chi connectivity index (χ4n) is 1.75. The minimum atomic E-state index is -0.208. The van der Waals surface area contributed by atoms with Crippen molar-refractivity contribution in [1.82, 2.24) is 0 Å². The maximum Gasteiger partial charge on any atom is 0.138 e. The number of hydrogen-bond acceptors (Lipinski definition) is 2. The van der Waals surface area contributed by atoms with Gasteiger partial charge in [0.15, 0.2) is 0 Å². The highest BCUT2D eigenvalue weighted by molar-refractivity contribution is 5.83. The lowest BCUT2D eigenvalue weighted by atomic mass is 9.79. The third kappa shape index (κ3) is 1.86. The zero-order valence-electron chi connectivity index (χ0n) is 7.95. The number of nitrogens with zero attached hydrogens (tertiary/aromatic N) is 1. The average Bonchev–Trinajstić information content (AvgIpc) is 2.16. The number of carbonyl (C=O) groups is 1. The van der Waals surface area contributed by atoms with Gasteiger partial charge in [0.05, 0.1) is 12.0 Å². The van der Waals surface area contributed by atoms with Crippen LogP contribution in [-0.4, -0.2) is 5.78 Å². The van der Waals surface area contributed by atoms with E-state index in [1.165, 1.54) is 0 Å². The van der Waals surface area contributed by atoms with Crippen molar-refractivity contribution in [2.24, 2.45) is 11.8 Å². The van der Waals surface area contributed by atoms with Crippen LogP contribution in [0.15, 0.2) is 23.8 Å². The fourth-order valence-corrected chi connectivity index (χ4v) is 1.75. The highest BCUT2D eigenvalue weighted by atomic mass is 16.1. The van der Waals surface area contributed by atoms with Crippen LogP contribution < -0.4 is 0 Å². The van der Waals surface area contributed by atoms with Gasteiger partial charge in [0.2, 0.25) is 0 Å². The molecule has 2 atom stereocenters. The molecule has 0 aromatic carbocycles. The predicted molar refractivity (Wildman–Crippen MR) is 50.8 cm³/mol. The second-order valence-electron chi connectivity index (χ2n) is 3.28. The molecule has 0 amide bonds. The molecule has 2 nitrogen and oxygen atoms in total. The van der Waals surface area contributed by atoms with Gasteiger partial charge in [-0.25, -0.2) is 0 Å². The molecular formula is C11H13NO. The molecule has 0 fully saturated rings. The molecule has 1 aliphatic carbocycles.